The lowest BCUT2D eigenvalue weighted by molar-refractivity contribution is -0.130. The number of ether oxygens (including phenoxy) is 1. The summed E-state index contributed by atoms with van der Waals surface area (Å²) in [5.74, 6) is -1.66. The fourth-order valence-electron chi connectivity index (χ4n) is 4.01. The molecule has 184 valence electrons. The Balaban J connectivity index is 1.46. The van der Waals surface area contributed by atoms with E-state index in [-0.39, 0.29) is 11.5 Å². The first-order valence-corrected chi connectivity index (χ1v) is 11.3. The van der Waals surface area contributed by atoms with E-state index < -0.39 is 17.5 Å². The smallest absolute Gasteiger partial charge is 0.258 e. The van der Waals surface area contributed by atoms with Crippen molar-refractivity contribution >= 4 is 17.5 Å². The van der Waals surface area contributed by atoms with Crippen molar-refractivity contribution in [3.8, 4) is 17.0 Å². The molecule has 2 heterocycles. The molecule has 0 radical (unpaired) electrons. The molecule has 8 nitrogen and oxygen atoms in total. The number of piperazine rings is 1. The molecule has 1 saturated heterocycles. The third-order valence-corrected chi connectivity index (χ3v) is 5.99. The van der Waals surface area contributed by atoms with Gasteiger partial charge in [-0.15, -0.1) is 0 Å². The van der Waals surface area contributed by atoms with Crippen LogP contribution in [0.2, 0.25) is 0 Å². The van der Waals surface area contributed by atoms with E-state index in [4.69, 9.17) is 4.74 Å². The topological polar surface area (TPSA) is 79.7 Å². The molecule has 1 N–H and O–H groups in total. The Hall–Kier alpha value is -3.79. The number of rotatable bonds is 7. The number of aromatic nitrogens is 2. The summed E-state index contributed by atoms with van der Waals surface area (Å²) in [6.45, 7) is 5.74. The van der Waals surface area contributed by atoms with Gasteiger partial charge in [-0.05, 0) is 36.4 Å². The molecule has 0 unspecified atom stereocenters. The first kappa shape index (κ1) is 24.3. The Kier molecular flexibility index (Phi) is 7.40. The fourth-order valence-corrected chi connectivity index (χ4v) is 4.01. The van der Waals surface area contributed by atoms with Gasteiger partial charge in [0.15, 0.2) is 0 Å². The Bertz CT molecular complexity index is 1220. The van der Waals surface area contributed by atoms with Gasteiger partial charge in [-0.25, -0.2) is 8.78 Å². The third-order valence-electron chi connectivity index (χ3n) is 5.99. The monoisotopic (exact) mass is 483 g/mol. The molecule has 0 aliphatic carbocycles. The van der Waals surface area contributed by atoms with E-state index in [1.165, 1.54) is 0 Å². The van der Waals surface area contributed by atoms with Crippen LogP contribution in [0.25, 0.3) is 11.3 Å². The minimum Gasteiger partial charge on any atom is -0.492 e. The summed E-state index contributed by atoms with van der Waals surface area (Å²) in [7, 11) is 1.80. The van der Waals surface area contributed by atoms with E-state index in [0.29, 0.717) is 49.3 Å². The SMILES string of the molecule is CC(=O)N1CCN(CCOc2ccc(NC(=O)c3ccc(F)cc3F)cc2-c2ccnn2C)CC1. The molecule has 2 aromatic carbocycles. The van der Waals surface area contributed by atoms with Crippen LogP contribution in [-0.2, 0) is 11.8 Å². The predicted octanol–water partition coefficient (Wildman–Crippen LogP) is 3.16. The second-order valence-electron chi connectivity index (χ2n) is 8.33. The molecule has 1 fully saturated rings. The predicted molar refractivity (Wildman–Crippen MR) is 127 cm³/mol. The van der Waals surface area contributed by atoms with Gasteiger partial charge in [0.1, 0.15) is 24.0 Å². The fraction of sp³-hybridized carbons (Fsp3) is 0.320. The van der Waals surface area contributed by atoms with Gasteiger partial charge in [0.2, 0.25) is 5.91 Å². The highest BCUT2D eigenvalue weighted by Gasteiger charge is 2.19. The summed E-state index contributed by atoms with van der Waals surface area (Å²) in [6, 6.07) is 9.79. The first-order chi connectivity index (χ1) is 16.8. The molecule has 3 aromatic rings. The molecule has 0 atom stereocenters. The number of benzene rings is 2. The van der Waals surface area contributed by atoms with Crippen LogP contribution < -0.4 is 10.1 Å². The highest BCUT2D eigenvalue weighted by molar-refractivity contribution is 6.04. The summed E-state index contributed by atoms with van der Waals surface area (Å²) >= 11 is 0. The van der Waals surface area contributed by atoms with Crippen molar-refractivity contribution in [3.63, 3.8) is 0 Å². The van der Waals surface area contributed by atoms with Crippen molar-refractivity contribution in [2.75, 3.05) is 44.6 Å². The van der Waals surface area contributed by atoms with Crippen molar-refractivity contribution < 1.29 is 23.1 Å². The number of hydrogen-bond donors (Lipinski definition) is 1. The molecule has 1 aliphatic rings. The Morgan fingerprint density at radius 2 is 1.83 bits per heavy atom. The van der Waals surface area contributed by atoms with Gasteiger partial charge < -0.3 is 15.0 Å². The quantitative estimate of drug-likeness (QED) is 0.559. The highest BCUT2D eigenvalue weighted by atomic mass is 19.1. The molecule has 0 bridgehead atoms. The van der Waals surface area contributed by atoms with E-state index in [9.17, 15) is 18.4 Å². The van der Waals surface area contributed by atoms with Gasteiger partial charge >= 0.3 is 0 Å². The van der Waals surface area contributed by atoms with Crippen LogP contribution in [0, 0.1) is 11.6 Å². The van der Waals surface area contributed by atoms with E-state index >= 15 is 0 Å². The van der Waals surface area contributed by atoms with E-state index in [2.05, 4.69) is 15.3 Å². The summed E-state index contributed by atoms with van der Waals surface area (Å²) in [5, 5.41) is 6.88. The Morgan fingerprint density at radius 3 is 2.49 bits per heavy atom. The lowest BCUT2D eigenvalue weighted by Gasteiger charge is -2.34. The minimum atomic E-state index is -0.932. The van der Waals surface area contributed by atoms with E-state index in [1.807, 2.05) is 11.0 Å². The molecule has 35 heavy (non-hydrogen) atoms. The molecular weight excluding hydrogens is 456 g/mol. The second-order valence-corrected chi connectivity index (χ2v) is 8.33. The summed E-state index contributed by atoms with van der Waals surface area (Å²) in [6.07, 6.45) is 1.66. The van der Waals surface area contributed by atoms with E-state index in [1.54, 1.807) is 43.0 Å². The molecule has 4 rings (SSSR count). The summed E-state index contributed by atoms with van der Waals surface area (Å²) in [5.41, 5.74) is 1.67. The van der Waals surface area contributed by atoms with Crippen LogP contribution in [-0.4, -0.2) is 70.7 Å². The zero-order valence-corrected chi connectivity index (χ0v) is 19.6. The van der Waals surface area contributed by atoms with Gasteiger partial charge in [-0.2, -0.15) is 5.10 Å². The maximum absolute atomic E-state index is 14.0. The lowest BCUT2D eigenvalue weighted by atomic mass is 10.1. The number of hydrogen-bond acceptors (Lipinski definition) is 5. The van der Waals surface area contributed by atoms with Crippen molar-refractivity contribution in [1.82, 2.24) is 19.6 Å². The molecule has 0 spiro atoms. The third kappa shape index (κ3) is 5.83. The number of aryl methyl sites for hydroxylation is 1. The number of anilines is 1. The van der Waals surface area contributed by atoms with Crippen molar-refractivity contribution in [3.05, 3.63) is 65.9 Å². The standard InChI is InChI=1S/C25H27F2N5O3/c1-17(33)32-11-9-31(10-12-32)13-14-35-24-6-4-19(16-21(24)23-7-8-28-30(23)2)29-25(34)20-5-3-18(26)15-22(20)27/h3-8,15-16H,9-14H2,1-2H3,(H,29,34). The average Bonchev–Trinajstić information content (AvgIpc) is 3.25. The molecular formula is C25H27F2N5O3. The van der Waals surface area contributed by atoms with Gasteiger partial charge in [-0.3, -0.25) is 19.2 Å². The highest BCUT2D eigenvalue weighted by Crippen LogP contribution is 2.32. The van der Waals surface area contributed by atoms with Crippen LogP contribution in [0.1, 0.15) is 17.3 Å². The Morgan fingerprint density at radius 1 is 1.06 bits per heavy atom. The normalized spacial score (nSPS) is 14.1. The van der Waals surface area contributed by atoms with Crippen LogP contribution in [0.3, 0.4) is 0 Å². The van der Waals surface area contributed by atoms with Gasteiger partial charge in [0, 0.05) is 70.2 Å². The van der Waals surface area contributed by atoms with Gasteiger partial charge in [0.25, 0.3) is 5.91 Å². The molecule has 2 amide bonds. The number of nitrogens with one attached hydrogen (secondary N) is 1. The van der Waals surface area contributed by atoms with Crippen molar-refractivity contribution in [2.45, 2.75) is 6.92 Å². The van der Waals surface area contributed by atoms with Crippen LogP contribution in [0.5, 0.6) is 5.75 Å². The number of carbonyl (C=O) groups excluding carboxylic acids is 2. The number of halogens is 2. The van der Waals surface area contributed by atoms with Crippen molar-refractivity contribution in [1.29, 1.82) is 0 Å². The number of nitrogens with zero attached hydrogens (tertiary/aromatic N) is 4. The van der Waals surface area contributed by atoms with E-state index in [0.717, 1.165) is 30.9 Å². The maximum atomic E-state index is 14.0. The largest absolute Gasteiger partial charge is 0.492 e. The average molecular weight is 484 g/mol. The molecule has 1 aromatic heterocycles. The molecule has 0 saturated carbocycles. The lowest BCUT2D eigenvalue weighted by Crippen LogP contribution is -2.48. The van der Waals surface area contributed by atoms with Gasteiger partial charge in [-0.1, -0.05) is 0 Å². The minimum absolute atomic E-state index is 0.0936. The summed E-state index contributed by atoms with van der Waals surface area (Å²) in [4.78, 5) is 28.1. The number of carbonyl (C=O) groups is 2. The molecule has 10 heteroatoms. The zero-order valence-electron chi connectivity index (χ0n) is 19.6. The summed E-state index contributed by atoms with van der Waals surface area (Å²) < 4.78 is 35.0. The van der Waals surface area contributed by atoms with Crippen LogP contribution in [0.15, 0.2) is 48.7 Å². The second kappa shape index (κ2) is 10.6. The van der Waals surface area contributed by atoms with Crippen LogP contribution >= 0.6 is 0 Å². The number of amides is 2. The molecule has 1 aliphatic heterocycles. The zero-order chi connectivity index (χ0) is 24.9. The Labute approximate surface area is 202 Å². The maximum Gasteiger partial charge on any atom is 0.258 e. The van der Waals surface area contributed by atoms with Crippen LogP contribution in [0.4, 0.5) is 14.5 Å². The van der Waals surface area contributed by atoms with Crippen molar-refractivity contribution in [2.24, 2.45) is 7.05 Å². The first-order valence-electron chi connectivity index (χ1n) is 11.3. The van der Waals surface area contributed by atoms with Gasteiger partial charge in [0.05, 0.1) is 11.3 Å².